The zero-order valence-corrected chi connectivity index (χ0v) is 14.8. The molecule has 1 rings (SSSR count). The Bertz CT molecular complexity index is 435. The first kappa shape index (κ1) is 19.2. The molecule has 7 nitrogen and oxygen atoms in total. The van der Waals surface area contributed by atoms with Gasteiger partial charge in [0.2, 0.25) is 0 Å². The van der Waals surface area contributed by atoms with Gasteiger partial charge in [-0.15, -0.1) is 0 Å². The highest BCUT2D eigenvalue weighted by Crippen LogP contribution is 2.50. The summed E-state index contributed by atoms with van der Waals surface area (Å²) in [7, 11) is -3.62. The maximum Gasteiger partial charge on any atom is 0.475 e. The Kier molecular flexibility index (Phi) is 7.06. The van der Waals surface area contributed by atoms with E-state index in [2.05, 4.69) is 0 Å². The van der Waals surface area contributed by atoms with Crippen molar-refractivity contribution in [3.63, 3.8) is 0 Å². The molecule has 1 atom stereocenters. The van der Waals surface area contributed by atoms with Gasteiger partial charge in [-0.1, -0.05) is 12.2 Å². The number of carbonyl (C=O) groups is 1. The largest absolute Gasteiger partial charge is 0.475 e. The van der Waals surface area contributed by atoms with Gasteiger partial charge in [-0.05, 0) is 34.6 Å². The first-order valence-corrected chi connectivity index (χ1v) is 8.87. The molecule has 0 aromatic rings. The molecule has 1 unspecified atom stereocenters. The van der Waals surface area contributed by atoms with Crippen LogP contribution >= 0.6 is 7.82 Å². The van der Waals surface area contributed by atoms with Gasteiger partial charge in [0.05, 0.1) is 19.8 Å². The summed E-state index contributed by atoms with van der Waals surface area (Å²) in [5.74, 6) is 0. The van der Waals surface area contributed by atoms with Crippen molar-refractivity contribution in [3.8, 4) is 0 Å². The van der Waals surface area contributed by atoms with E-state index in [4.69, 9.17) is 18.3 Å². The topological polar surface area (TPSA) is 74.3 Å². The quantitative estimate of drug-likeness (QED) is 0.547. The molecular formula is C14H26NO6P. The molecule has 128 valence electrons. The minimum absolute atomic E-state index is 0.212. The van der Waals surface area contributed by atoms with Crippen molar-refractivity contribution in [2.24, 2.45) is 0 Å². The first-order chi connectivity index (χ1) is 10.2. The van der Waals surface area contributed by atoms with E-state index in [1.807, 2.05) is 0 Å². The Labute approximate surface area is 132 Å². The second-order valence-electron chi connectivity index (χ2n) is 5.74. The summed E-state index contributed by atoms with van der Waals surface area (Å²) in [6.07, 6.45) is 2.50. The lowest BCUT2D eigenvalue weighted by molar-refractivity contribution is 0.0162. The van der Waals surface area contributed by atoms with Crippen LogP contribution in [0.5, 0.6) is 0 Å². The van der Waals surface area contributed by atoms with Gasteiger partial charge in [-0.3, -0.25) is 13.6 Å². The molecule has 1 heterocycles. The predicted molar refractivity (Wildman–Crippen MR) is 82.7 cm³/mol. The van der Waals surface area contributed by atoms with Crippen LogP contribution in [0.1, 0.15) is 34.6 Å². The second-order valence-corrected chi connectivity index (χ2v) is 7.36. The highest BCUT2D eigenvalue weighted by molar-refractivity contribution is 7.48. The third-order valence-corrected chi connectivity index (χ3v) is 4.25. The first-order valence-electron chi connectivity index (χ1n) is 7.41. The van der Waals surface area contributed by atoms with Crippen molar-refractivity contribution in [2.75, 3.05) is 26.3 Å². The Hall–Kier alpha value is -0.880. The van der Waals surface area contributed by atoms with E-state index in [1.165, 1.54) is 4.90 Å². The summed E-state index contributed by atoms with van der Waals surface area (Å²) in [5.41, 5.74) is -0.569. The fraction of sp³-hybridized carbons (Fsp3) is 0.786. The Morgan fingerprint density at radius 3 is 2.36 bits per heavy atom. The van der Waals surface area contributed by atoms with Gasteiger partial charge in [-0.25, -0.2) is 9.36 Å². The summed E-state index contributed by atoms with van der Waals surface area (Å²) in [5, 5.41) is 0. The summed E-state index contributed by atoms with van der Waals surface area (Å²) >= 11 is 0. The zero-order valence-electron chi connectivity index (χ0n) is 13.9. The number of phosphoric acid groups is 1. The lowest BCUT2D eigenvalue weighted by Crippen LogP contribution is -2.43. The SMILES string of the molecule is CCOP(=O)(OCC)OC1C=CCN(C(=O)OC(C)(C)C)C1. The maximum atomic E-state index is 12.4. The van der Waals surface area contributed by atoms with Gasteiger partial charge < -0.3 is 9.64 Å². The Balaban J connectivity index is 2.66. The molecule has 1 aliphatic heterocycles. The van der Waals surface area contributed by atoms with Crippen LogP contribution in [-0.4, -0.2) is 49.0 Å². The molecule has 0 fully saturated rings. The van der Waals surface area contributed by atoms with Crippen LogP contribution in [0.4, 0.5) is 4.79 Å². The van der Waals surface area contributed by atoms with Crippen LogP contribution in [-0.2, 0) is 22.9 Å². The van der Waals surface area contributed by atoms with Crippen LogP contribution in [0.2, 0.25) is 0 Å². The molecule has 1 aliphatic rings. The highest BCUT2D eigenvalue weighted by Gasteiger charge is 2.33. The lowest BCUT2D eigenvalue weighted by Gasteiger charge is -2.32. The van der Waals surface area contributed by atoms with E-state index >= 15 is 0 Å². The van der Waals surface area contributed by atoms with Gasteiger partial charge in [-0.2, -0.15) is 0 Å². The smallest absolute Gasteiger partial charge is 0.444 e. The Morgan fingerprint density at radius 1 is 1.27 bits per heavy atom. The number of hydrogen-bond donors (Lipinski definition) is 0. The average molecular weight is 335 g/mol. The van der Waals surface area contributed by atoms with E-state index in [9.17, 15) is 9.36 Å². The van der Waals surface area contributed by atoms with E-state index in [0.29, 0.717) is 6.54 Å². The fourth-order valence-electron chi connectivity index (χ4n) is 1.82. The molecule has 0 spiro atoms. The van der Waals surface area contributed by atoms with Crippen LogP contribution in [0.3, 0.4) is 0 Å². The van der Waals surface area contributed by atoms with E-state index in [-0.39, 0.29) is 19.8 Å². The number of hydrogen-bond acceptors (Lipinski definition) is 6. The number of phosphoric ester groups is 1. The number of nitrogens with zero attached hydrogens (tertiary/aromatic N) is 1. The van der Waals surface area contributed by atoms with Gasteiger partial charge in [0, 0.05) is 6.54 Å². The van der Waals surface area contributed by atoms with Crippen LogP contribution in [0, 0.1) is 0 Å². The molecule has 0 aromatic heterocycles. The van der Waals surface area contributed by atoms with Crippen LogP contribution in [0.25, 0.3) is 0 Å². The maximum absolute atomic E-state index is 12.4. The molecule has 0 bridgehead atoms. The van der Waals surface area contributed by atoms with E-state index in [0.717, 1.165) is 0 Å². The lowest BCUT2D eigenvalue weighted by atomic mass is 10.2. The summed E-state index contributed by atoms with van der Waals surface area (Å²) < 4.78 is 33.3. The molecule has 22 heavy (non-hydrogen) atoms. The van der Waals surface area contributed by atoms with Crippen molar-refractivity contribution in [1.29, 1.82) is 0 Å². The third-order valence-electron chi connectivity index (χ3n) is 2.57. The third kappa shape index (κ3) is 6.48. The van der Waals surface area contributed by atoms with Gasteiger partial charge >= 0.3 is 13.9 Å². The minimum Gasteiger partial charge on any atom is -0.444 e. The van der Waals surface area contributed by atoms with Gasteiger partial charge in [0.25, 0.3) is 0 Å². The molecule has 0 saturated heterocycles. The zero-order chi connectivity index (χ0) is 16.8. The summed E-state index contributed by atoms with van der Waals surface area (Å²) in [4.78, 5) is 13.5. The summed E-state index contributed by atoms with van der Waals surface area (Å²) in [6.45, 7) is 9.90. The van der Waals surface area contributed by atoms with Gasteiger partial charge in [0.1, 0.15) is 11.7 Å². The van der Waals surface area contributed by atoms with Crippen LogP contribution < -0.4 is 0 Å². The average Bonchev–Trinajstić information content (AvgIpc) is 2.37. The van der Waals surface area contributed by atoms with Crippen molar-refractivity contribution < 1.29 is 27.7 Å². The monoisotopic (exact) mass is 335 g/mol. The molecule has 1 amide bonds. The van der Waals surface area contributed by atoms with Gasteiger partial charge in [0.15, 0.2) is 0 Å². The fourth-order valence-corrected chi connectivity index (χ4v) is 3.11. The van der Waals surface area contributed by atoms with E-state index < -0.39 is 25.6 Å². The second kappa shape index (κ2) is 8.11. The van der Waals surface area contributed by atoms with Crippen molar-refractivity contribution in [2.45, 2.75) is 46.3 Å². The molecule has 0 aliphatic carbocycles. The minimum atomic E-state index is -3.62. The number of amides is 1. The molecule has 0 N–H and O–H groups in total. The Morgan fingerprint density at radius 2 is 1.86 bits per heavy atom. The van der Waals surface area contributed by atoms with Crippen molar-refractivity contribution in [3.05, 3.63) is 12.2 Å². The molecule has 8 heteroatoms. The van der Waals surface area contributed by atoms with Crippen molar-refractivity contribution >= 4 is 13.9 Å². The molecule has 0 aromatic carbocycles. The van der Waals surface area contributed by atoms with Crippen LogP contribution in [0.15, 0.2) is 12.2 Å². The number of rotatable bonds is 6. The molecule has 0 saturated carbocycles. The number of ether oxygens (including phenoxy) is 1. The number of carbonyl (C=O) groups excluding carboxylic acids is 1. The normalized spacial score (nSPS) is 19.3. The molecular weight excluding hydrogens is 309 g/mol. The predicted octanol–water partition coefficient (Wildman–Crippen LogP) is 3.36. The highest BCUT2D eigenvalue weighted by atomic mass is 31.2. The molecule has 0 radical (unpaired) electrons. The standard InChI is InChI=1S/C14H26NO6P/c1-6-18-22(17,19-7-2)21-12-9-8-10-15(11-12)13(16)20-14(3,4)5/h8-9,12H,6-7,10-11H2,1-5H3. The summed E-state index contributed by atoms with van der Waals surface area (Å²) in [6, 6.07) is 0. The van der Waals surface area contributed by atoms with Crippen molar-refractivity contribution in [1.82, 2.24) is 4.90 Å². The van der Waals surface area contributed by atoms with E-state index in [1.54, 1.807) is 46.8 Å².